The minimum absolute atomic E-state index is 0.127. The van der Waals surface area contributed by atoms with Gasteiger partial charge in [-0.3, -0.25) is 9.69 Å². The molecule has 3 aromatic carbocycles. The number of methoxy groups -OCH3 is 3. The second-order valence-corrected chi connectivity index (χ2v) is 8.88. The highest BCUT2D eigenvalue weighted by Gasteiger charge is 2.34. The number of likely N-dealkylation sites (N-methyl/N-ethyl adjacent to an activating group) is 1. The molecule has 0 bridgehead atoms. The van der Waals surface area contributed by atoms with E-state index in [1.807, 2.05) is 24.3 Å². The predicted octanol–water partition coefficient (Wildman–Crippen LogP) is 4.47. The van der Waals surface area contributed by atoms with E-state index in [1.165, 1.54) is 12.7 Å². The molecule has 188 valence electrons. The van der Waals surface area contributed by atoms with Gasteiger partial charge in [-0.15, -0.1) is 0 Å². The molecule has 36 heavy (non-hydrogen) atoms. The Balaban J connectivity index is 1.35. The first kappa shape index (κ1) is 23.8. The van der Waals surface area contributed by atoms with Crippen LogP contribution in [0.5, 0.6) is 28.7 Å². The van der Waals surface area contributed by atoms with Crippen LogP contribution in [0.4, 0.5) is 5.69 Å². The van der Waals surface area contributed by atoms with Crippen LogP contribution in [0, 0.1) is 0 Å². The molecule has 5 rings (SSSR count). The molecule has 0 aromatic heterocycles. The number of carbonyl (C=O) groups is 1. The van der Waals surface area contributed by atoms with Gasteiger partial charge in [-0.25, -0.2) is 0 Å². The highest BCUT2D eigenvalue weighted by atomic mass is 16.7. The van der Waals surface area contributed by atoms with Crippen LogP contribution in [0.1, 0.15) is 33.1 Å². The van der Waals surface area contributed by atoms with E-state index < -0.39 is 0 Å². The standard InChI is InChI=1S/C28H30N2O6/c1-30-12-11-18-14-24-26(36-16-35-24)27(34-4)25(18)22(30)13-17-5-7-19(8-6-17)29-28(31)21-10-9-20(32-2)15-23(21)33-3/h5-10,14-15,22H,11-13,16H2,1-4H3,(H,29,31). The third-order valence-electron chi connectivity index (χ3n) is 6.84. The Morgan fingerprint density at radius 3 is 2.56 bits per heavy atom. The lowest BCUT2D eigenvalue weighted by atomic mass is 9.87. The molecule has 8 nitrogen and oxygen atoms in total. The molecule has 0 radical (unpaired) electrons. The summed E-state index contributed by atoms with van der Waals surface area (Å²) in [4.78, 5) is 15.2. The van der Waals surface area contributed by atoms with Crippen LogP contribution in [0.25, 0.3) is 0 Å². The summed E-state index contributed by atoms with van der Waals surface area (Å²) in [6.45, 7) is 1.16. The molecule has 2 heterocycles. The second kappa shape index (κ2) is 9.99. The molecule has 1 unspecified atom stereocenters. The van der Waals surface area contributed by atoms with E-state index in [4.69, 9.17) is 23.7 Å². The predicted molar refractivity (Wildman–Crippen MR) is 136 cm³/mol. The quantitative estimate of drug-likeness (QED) is 0.524. The molecule has 1 N–H and O–H groups in total. The van der Waals surface area contributed by atoms with Gasteiger partial charge in [0.2, 0.25) is 12.5 Å². The maximum atomic E-state index is 12.9. The Kier molecular flexibility index (Phi) is 6.61. The fourth-order valence-corrected chi connectivity index (χ4v) is 4.92. The van der Waals surface area contributed by atoms with Gasteiger partial charge in [0, 0.05) is 29.9 Å². The third-order valence-corrected chi connectivity index (χ3v) is 6.84. The van der Waals surface area contributed by atoms with Gasteiger partial charge in [0.05, 0.1) is 26.9 Å². The molecule has 0 aliphatic carbocycles. The first-order chi connectivity index (χ1) is 17.5. The van der Waals surface area contributed by atoms with Crippen molar-refractivity contribution in [2.75, 3.05) is 47.0 Å². The van der Waals surface area contributed by atoms with Gasteiger partial charge in [0.15, 0.2) is 11.5 Å². The molecule has 0 spiro atoms. The molecule has 1 amide bonds. The number of anilines is 1. The Hall–Kier alpha value is -3.91. The number of benzene rings is 3. The molecule has 0 saturated heterocycles. The largest absolute Gasteiger partial charge is 0.497 e. The van der Waals surface area contributed by atoms with Gasteiger partial charge < -0.3 is 29.0 Å². The smallest absolute Gasteiger partial charge is 0.259 e. The number of nitrogens with zero attached hydrogens (tertiary/aromatic N) is 1. The minimum Gasteiger partial charge on any atom is -0.497 e. The summed E-state index contributed by atoms with van der Waals surface area (Å²) in [6.07, 6.45) is 1.72. The SMILES string of the molecule is COc1ccc(C(=O)Nc2ccc(CC3c4c(cc5c(c4OC)OCO5)CCN3C)cc2)c(OC)c1. The first-order valence-electron chi connectivity index (χ1n) is 11.8. The van der Waals surface area contributed by atoms with Crippen molar-refractivity contribution in [3.63, 3.8) is 0 Å². The van der Waals surface area contributed by atoms with E-state index in [2.05, 4.69) is 23.3 Å². The Bertz CT molecular complexity index is 1270. The van der Waals surface area contributed by atoms with Gasteiger partial charge >= 0.3 is 0 Å². The number of amides is 1. The molecule has 0 fully saturated rings. The van der Waals surface area contributed by atoms with Crippen molar-refractivity contribution in [1.82, 2.24) is 4.90 Å². The van der Waals surface area contributed by atoms with Gasteiger partial charge in [-0.2, -0.15) is 0 Å². The van der Waals surface area contributed by atoms with Gasteiger partial charge in [-0.1, -0.05) is 12.1 Å². The van der Waals surface area contributed by atoms with Crippen LogP contribution in [0.2, 0.25) is 0 Å². The topological polar surface area (TPSA) is 78.5 Å². The first-order valence-corrected chi connectivity index (χ1v) is 11.8. The average molecular weight is 491 g/mol. The molecule has 3 aromatic rings. The summed E-state index contributed by atoms with van der Waals surface area (Å²) in [5.74, 6) is 3.03. The number of rotatable bonds is 7. The number of fused-ring (bicyclic) bond motifs is 2. The summed E-state index contributed by atoms with van der Waals surface area (Å²) in [6, 6.07) is 15.3. The fourth-order valence-electron chi connectivity index (χ4n) is 4.92. The Labute approximate surface area is 210 Å². The lowest BCUT2D eigenvalue weighted by Gasteiger charge is -2.36. The monoisotopic (exact) mass is 490 g/mol. The second-order valence-electron chi connectivity index (χ2n) is 8.88. The molecular weight excluding hydrogens is 460 g/mol. The van der Waals surface area contributed by atoms with Crippen LogP contribution in [0.15, 0.2) is 48.5 Å². The van der Waals surface area contributed by atoms with Crippen molar-refractivity contribution >= 4 is 11.6 Å². The highest BCUT2D eigenvalue weighted by Crippen LogP contribution is 2.50. The maximum Gasteiger partial charge on any atom is 0.259 e. The van der Waals surface area contributed by atoms with Crippen LogP contribution in [-0.2, 0) is 12.8 Å². The zero-order valence-electron chi connectivity index (χ0n) is 20.9. The van der Waals surface area contributed by atoms with Crippen LogP contribution in [-0.4, -0.2) is 52.5 Å². The van der Waals surface area contributed by atoms with Crippen molar-refractivity contribution in [2.24, 2.45) is 0 Å². The van der Waals surface area contributed by atoms with Gasteiger partial charge in [0.25, 0.3) is 5.91 Å². The number of hydrogen-bond donors (Lipinski definition) is 1. The molecule has 0 saturated carbocycles. The van der Waals surface area contributed by atoms with Crippen LogP contribution < -0.4 is 29.0 Å². The number of ether oxygens (including phenoxy) is 5. The Morgan fingerprint density at radius 2 is 1.83 bits per heavy atom. The molecule has 2 aliphatic rings. The van der Waals surface area contributed by atoms with E-state index in [1.54, 1.807) is 32.4 Å². The lowest BCUT2D eigenvalue weighted by molar-refractivity contribution is 0.102. The zero-order valence-corrected chi connectivity index (χ0v) is 20.9. The number of hydrogen-bond acceptors (Lipinski definition) is 7. The van der Waals surface area contributed by atoms with Crippen LogP contribution >= 0.6 is 0 Å². The fraction of sp³-hybridized carbons (Fsp3) is 0.321. The molecular formula is C28H30N2O6. The van der Waals surface area contributed by atoms with Crippen molar-refractivity contribution in [3.05, 3.63) is 70.8 Å². The molecule has 2 aliphatic heterocycles. The Morgan fingerprint density at radius 1 is 1.03 bits per heavy atom. The highest BCUT2D eigenvalue weighted by molar-refractivity contribution is 6.06. The van der Waals surface area contributed by atoms with Crippen molar-refractivity contribution < 1.29 is 28.5 Å². The van der Waals surface area contributed by atoms with Gasteiger partial charge in [0.1, 0.15) is 11.5 Å². The lowest BCUT2D eigenvalue weighted by Crippen LogP contribution is -2.33. The normalized spacial score (nSPS) is 16.3. The van der Waals surface area contributed by atoms with E-state index in [9.17, 15) is 4.79 Å². The average Bonchev–Trinajstić information content (AvgIpc) is 3.38. The van der Waals surface area contributed by atoms with Crippen molar-refractivity contribution in [2.45, 2.75) is 18.9 Å². The molecule has 1 atom stereocenters. The summed E-state index contributed by atoms with van der Waals surface area (Å²) >= 11 is 0. The van der Waals surface area contributed by atoms with E-state index in [-0.39, 0.29) is 18.7 Å². The van der Waals surface area contributed by atoms with E-state index >= 15 is 0 Å². The summed E-state index contributed by atoms with van der Waals surface area (Å²) < 4.78 is 27.7. The van der Waals surface area contributed by atoms with E-state index in [0.717, 1.165) is 42.0 Å². The number of carbonyl (C=O) groups excluding carboxylic acids is 1. The van der Waals surface area contributed by atoms with Crippen molar-refractivity contribution in [3.8, 4) is 28.7 Å². The number of nitrogens with one attached hydrogen (secondary N) is 1. The maximum absolute atomic E-state index is 12.9. The van der Waals surface area contributed by atoms with E-state index in [0.29, 0.717) is 28.5 Å². The summed E-state index contributed by atoms with van der Waals surface area (Å²) in [5, 5.41) is 2.95. The van der Waals surface area contributed by atoms with Crippen LogP contribution in [0.3, 0.4) is 0 Å². The zero-order chi connectivity index (χ0) is 25.2. The summed E-state index contributed by atoms with van der Waals surface area (Å²) in [7, 11) is 6.92. The minimum atomic E-state index is -0.246. The third kappa shape index (κ3) is 4.40. The molecule has 8 heteroatoms. The summed E-state index contributed by atoms with van der Waals surface area (Å²) in [5.41, 5.74) is 4.68. The van der Waals surface area contributed by atoms with Crippen molar-refractivity contribution in [1.29, 1.82) is 0 Å². The van der Waals surface area contributed by atoms with Gasteiger partial charge in [-0.05, 0) is 61.3 Å².